The Balaban J connectivity index is 2.70. The number of non-ortho nitro benzene ring substituents is 1. The van der Waals surface area contributed by atoms with Gasteiger partial charge in [0.15, 0.2) is 0 Å². The molecular formula is C15H24N2O4. The van der Waals surface area contributed by atoms with Crippen molar-refractivity contribution in [3.8, 4) is 5.75 Å². The molecule has 0 heterocycles. The van der Waals surface area contributed by atoms with Gasteiger partial charge in [-0.3, -0.25) is 10.1 Å². The quantitative estimate of drug-likeness (QED) is 0.512. The van der Waals surface area contributed by atoms with Crippen molar-refractivity contribution in [2.75, 3.05) is 19.8 Å². The maximum atomic E-state index is 10.9. The average molecular weight is 296 g/mol. The molecule has 21 heavy (non-hydrogen) atoms. The summed E-state index contributed by atoms with van der Waals surface area (Å²) < 4.78 is 5.50. The summed E-state index contributed by atoms with van der Waals surface area (Å²) in [5.41, 5.74) is 0.850. The van der Waals surface area contributed by atoms with E-state index in [1.807, 2.05) is 6.92 Å². The van der Waals surface area contributed by atoms with Crippen molar-refractivity contribution >= 4 is 5.69 Å². The number of aliphatic hydroxyl groups excluding tert-OH is 1. The van der Waals surface area contributed by atoms with E-state index in [0.717, 1.165) is 24.9 Å². The van der Waals surface area contributed by atoms with Gasteiger partial charge >= 0.3 is 0 Å². The van der Waals surface area contributed by atoms with Crippen molar-refractivity contribution in [1.82, 2.24) is 5.32 Å². The van der Waals surface area contributed by atoms with Crippen molar-refractivity contribution in [3.05, 3.63) is 33.9 Å². The fraction of sp³-hybridized carbons (Fsp3) is 0.600. The Morgan fingerprint density at radius 2 is 2.19 bits per heavy atom. The molecule has 0 aromatic heterocycles. The molecule has 0 bridgehead atoms. The lowest BCUT2D eigenvalue weighted by Gasteiger charge is -2.15. The lowest BCUT2D eigenvalue weighted by atomic mass is 10.0. The summed E-state index contributed by atoms with van der Waals surface area (Å²) in [6.07, 6.45) is 1.75. The SMILES string of the molecule is CCOc1ccc([N+](=O)[O-])cc1CNC[C@H](CC)CCO. The highest BCUT2D eigenvalue weighted by Crippen LogP contribution is 2.24. The molecule has 118 valence electrons. The molecule has 1 aromatic rings. The fourth-order valence-corrected chi connectivity index (χ4v) is 2.16. The van der Waals surface area contributed by atoms with Gasteiger partial charge in [-0.1, -0.05) is 13.3 Å². The minimum absolute atomic E-state index is 0.0673. The van der Waals surface area contributed by atoms with Gasteiger partial charge in [-0.05, 0) is 31.9 Å². The molecule has 1 rings (SSSR count). The van der Waals surface area contributed by atoms with Gasteiger partial charge in [0, 0.05) is 30.8 Å². The predicted molar refractivity (Wildman–Crippen MR) is 81.5 cm³/mol. The Labute approximate surface area is 125 Å². The van der Waals surface area contributed by atoms with Gasteiger partial charge in [-0.2, -0.15) is 0 Å². The first-order valence-corrected chi connectivity index (χ1v) is 7.34. The van der Waals surface area contributed by atoms with Crippen molar-refractivity contribution in [2.45, 2.75) is 33.2 Å². The standard InChI is InChI=1S/C15H24N2O4/c1-3-12(7-8-18)10-16-11-13-9-14(17(19)20)5-6-15(13)21-4-2/h5-6,9,12,16,18H,3-4,7-8,10-11H2,1-2H3/t12-/m1/s1. The topological polar surface area (TPSA) is 84.6 Å². The summed E-state index contributed by atoms with van der Waals surface area (Å²) in [4.78, 5) is 10.4. The second-order valence-electron chi connectivity index (χ2n) is 4.90. The second-order valence-corrected chi connectivity index (χ2v) is 4.90. The number of aliphatic hydroxyl groups is 1. The zero-order valence-corrected chi connectivity index (χ0v) is 12.7. The Morgan fingerprint density at radius 1 is 1.43 bits per heavy atom. The highest BCUT2D eigenvalue weighted by atomic mass is 16.6. The van der Waals surface area contributed by atoms with Crippen molar-refractivity contribution < 1.29 is 14.8 Å². The van der Waals surface area contributed by atoms with Gasteiger partial charge in [0.2, 0.25) is 0 Å². The number of nitro groups is 1. The molecule has 0 fully saturated rings. The predicted octanol–water partition coefficient (Wildman–Crippen LogP) is 2.49. The first-order chi connectivity index (χ1) is 10.1. The van der Waals surface area contributed by atoms with E-state index in [4.69, 9.17) is 9.84 Å². The maximum Gasteiger partial charge on any atom is 0.270 e. The zero-order chi connectivity index (χ0) is 15.7. The van der Waals surface area contributed by atoms with Crippen molar-refractivity contribution in [2.24, 2.45) is 5.92 Å². The minimum Gasteiger partial charge on any atom is -0.494 e. The fourth-order valence-electron chi connectivity index (χ4n) is 2.16. The van der Waals surface area contributed by atoms with Crippen LogP contribution in [0.2, 0.25) is 0 Å². The number of rotatable bonds is 10. The van der Waals surface area contributed by atoms with E-state index in [2.05, 4.69) is 12.2 Å². The largest absolute Gasteiger partial charge is 0.494 e. The van der Waals surface area contributed by atoms with E-state index >= 15 is 0 Å². The number of nitrogens with zero attached hydrogens (tertiary/aromatic N) is 1. The molecule has 6 heteroatoms. The van der Waals surface area contributed by atoms with Gasteiger partial charge < -0.3 is 15.2 Å². The Hall–Kier alpha value is -1.66. The number of nitrogens with one attached hydrogen (secondary N) is 1. The summed E-state index contributed by atoms with van der Waals surface area (Å²) >= 11 is 0. The van der Waals surface area contributed by atoms with Crippen LogP contribution in [0.1, 0.15) is 32.3 Å². The van der Waals surface area contributed by atoms with Crippen molar-refractivity contribution in [1.29, 1.82) is 0 Å². The molecule has 0 unspecified atom stereocenters. The summed E-state index contributed by atoms with van der Waals surface area (Å²) in [7, 11) is 0. The van der Waals surface area contributed by atoms with Crippen molar-refractivity contribution in [3.63, 3.8) is 0 Å². The molecule has 0 spiro atoms. The van der Waals surface area contributed by atoms with Crippen LogP contribution in [0.5, 0.6) is 5.75 Å². The molecule has 1 atom stereocenters. The molecule has 2 N–H and O–H groups in total. The van der Waals surface area contributed by atoms with Crippen LogP contribution in [0.3, 0.4) is 0 Å². The number of benzene rings is 1. The number of ether oxygens (including phenoxy) is 1. The van der Waals surface area contributed by atoms with Gasteiger partial charge in [-0.15, -0.1) is 0 Å². The van der Waals surface area contributed by atoms with E-state index in [1.54, 1.807) is 12.1 Å². The Kier molecular flexibility index (Phi) is 7.71. The van der Waals surface area contributed by atoms with Crippen LogP contribution < -0.4 is 10.1 Å². The summed E-state index contributed by atoms with van der Waals surface area (Å²) in [6.45, 7) is 5.95. The van der Waals surface area contributed by atoms with Gasteiger partial charge in [0.25, 0.3) is 5.69 Å². The minimum atomic E-state index is -0.403. The third-order valence-corrected chi connectivity index (χ3v) is 3.42. The molecule has 0 saturated carbocycles. The van der Waals surface area contributed by atoms with Crippen LogP contribution in [0, 0.1) is 16.0 Å². The van der Waals surface area contributed by atoms with Crippen LogP contribution >= 0.6 is 0 Å². The van der Waals surface area contributed by atoms with Crippen LogP contribution in [0.15, 0.2) is 18.2 Å². The van der Waals surface area contributed by atoms with Crippen LogP contribution in [0.4, 0.5) is 5.69 Å². The molecule has 1 aromatic carbocycles. The van der Waals surface area contributed by atoms with E-state index in [0.29, 0.717) is 24.8 Å². The van der Waals surface area contributed by atoms with Gasteiger partial charge in [0.1, 0.15) is 5.75 Å². The highest BCUT2D eigenvalue weighted by Gasteiger charge is 2.12. The zero-order valence-electron chi connectivity index (χ0n) is 12.7. The first kappa shape index (κ1) is 17.4. The van der Waals surface area contributed by atoms with Crippen LogP contribution in [-0.2, 0) is 6.54 Å². The molecule has 0 aliphatic rings. The average Bonchev–Trinajstić information content (AvgIpc) is 2.47. The van der Waals surface area contributed by atoms with Gasteiger partial charge in [0.05, 0.1) is 11.5 Å². The van der Waals surface area contributed by atoms with Gasteiger partial charge in [-0.25, -0.2) is 0 Å². The highest BCUT2D eigenvalue weighted by molar-refractivity contribution is 5.43. The third kappa shape index (κ3) is 5.69. The molecule has 0 saturated heterocycles. The molecule has 0 amide bonds. The van der Waals surface area contributed by atoms with E-state index in [9.17, 15) is 10.1 Å². The number of hydrogen-bond donors (Lipinski definition) is 2. The number of hydrogen-bond acceptors (Lipinski definition) is 5. The lowest BCUT2D eigenvalue weighted by molar-refractivity contribution is -0.384. The van der Waals surface area contributed by atoms with Crippen LogP contribution in [-0.4, -0.2) is 29.8 Å². The third-order valence-electron chi connectivity index (χ3n) is 3.42. The Bertz CT molecular complexity index is 451. The molecule has 6 nitrogen and oxygen atoms in total. The second kappa shape index (κ2) is 9.31. The van der Waals surface area contributed by atoms with E-state index in [-0.39, 0.29) is 12.3 Å². The normalized spacial score (nSPS) is 12.1. The molecule has 0 radical (unpaired) electrons. The lowest BCUT2D eigenvalue weighted by Crippen LogP contribution is -2.23. The first-order valence-electron chi connectivity index (χ1n) is 7.34. The summed E-state index contributed by atoms with van der Waals surface area (Å²) in [6, 6.07) is 4.64. The molecule has 0 aliphatic carbocycles. The smallest absolute Gasteiger partial charge is 0.270 e. The summed E-state index contributed by atoms with van der Waals surface area (Å²) in [5.74, 6) is 1.08. The Morgan fingerprint density at radius 3 is 2.76 bits per heavy atom. The van der Waals surface area contributed by atoms with E-state index in [1.165, 1.54) is 6.07 Å². The number of nitro benzene ring substituents is 1. The van der Waals surface area contributed by atoms with E-state index < -0.39 is 4.92 Å². The molecular weight excluding hydrogens is 272 g/mol. The van der Waals surface area contributed by atoms with Crippen LogP contribution in [0.25, 0.3) is 0 Å². The monoisotopic (exact) mass is 296 g/mol. The maximum absolute atomic E-state index is 10.9. The summed E-state index contributed by atoms with van der Waals surface area (Å²) in [5, 5.41) is 23.1. The molecule has 0 aliphatic heterocycles.